The molecule has 1 saturated heterocycles. The summed E-state index contributed by atoms with van der Waals surface area (Å²) in [7, 11) is 0. The van der Waals surface area contributed by atoms with E-state index in [-0.39, 0.29) is 23.1 Å². The highest BCUT2D eigenvalue weighted by Crippen LogP contribution is 2.30. The molecule has 24 heavy (non-hydrogen) atoms. The van der Waals surface area contributed by atoms with E-state index in [0.717, 1.165) is 30.5 Å². The van der Waals surface area contributed by atoms with Crippen molar-refractivity contribution in [3.63, 3.8) is 0 Å². The van der Waals surface area contributed by atoms with Gasteiger partial charge in [-0.15, -0.1) is 0 Å². The first-order chi connectivity index (χ1) is 11.3. The number of piperidine rings is 1. The maximum absolute atomic E-state index is 12.6. The van der Waals surface area contributed by atoms with Crippen molar-refractivity contribution >= 4 is 17.5 Å². The third kappa shape index (κ3) is 4.59. The van der Waals surface area contributed by atoms with E-state index in [1.807, 2.05) is 30.0 Å². The summed E-state index contributed by atoms with van der Waals surface area (Å²) >= 11 is 0. The molecule has 0 unspecified atom stereocenters. The zero-order valence-corrected chi connectivity index (χ0v) is 15.4. The molecule has 1 heterocycles. The molecule has 4 heteroatoms. The Labute approximate surface area is 145 Å². The van der Waals surface area contributed by atoms with E-state index in [9.17, 15) is 9.59 Å². The fourth-order valence-corrected chi connectivity index (χ4v) is 3.24. The van der Waals surface area contributed by atoms with Gasteiger partial charge in [-0.1, -0.05) is 45.9 Å². The van der Waals surface area contributed by atoms with Gasteiger partial charge in [-0.2, -0.15) is 0 Å². The number of hydrogen-bond acceptors (Lipinski definition) is 2. The van der Waals surface area contributed by atoms with Crippen molar-refractivity contribution in [2.45, 2.75) is 58.8 Å². The molecule has 1 aliphatic heterocycles. The van der Waals surface area contributed by atoms with Gasteiger partial charge in [0.05, 0.1) is 0 Å². The van der Waals surface area contributed by atoms with Crippen LogP contribution in [0.3, 0.4) is 0 Å². The molecule has 0 bridgehead atoms. The number of amides is 2. The molecular formula is C20H30N2O2. The number of carbonyl (C=O) groups is 2. The minimum absolute atomic E-state index is 0.0105. The van der Waals surface area contributed by atoms with Gasteiger partial charge < -0.3 is 10.2 Å². The molecule has 1 aliphatic rings. The van der Waals surface area contributed by atoms with Gasteiger partial charge in [-0.25, -0.2) is 0 Å². The molecule has 1 fully saturated rings. The second-order valence-corrected chi connectivity index (χ2v) is 7.69. The van der Waals surface area contributed by atoms with Crippen LogP contribution in [-0.2, 0) is 15.0 Å². The van der Waals surface area contributed by atoms with Gasteiger partial charge in [-0.05, 0) is 36.3 Å². The molecular weight excluding hydrogens is 300 g/mol. The molecule has 0 spiro atoms. The van der Waals surface area contributed by atoms with E-state index in [1.165, 1.54) is 0 Å². The van der Waals surface area contributed by atoms with Crippen LogP contribution in [0.25, 0.3) is 0 Å². The summed E-state index contributed by atoms with van der Waals surface area (Å²) in [5.74, 6) is 0.285. The summed E-state index contributed by atoms with van der Waals surface area (Å²) < 4.78 is 0. The quantitative estimate of drug-likeness (QED) is 0.908. The Kier molecular flexibility index (Phi) is 6.03. The molecule has 0 saturated carbocycles. The average molecular weight is 330 g/mol. The molecule has 0 radical (unpaired) electrons. The Balaban J connectivity index is 1.97. The summed E-state index contributed by atoms with van der Waals surface area (Å²) in [5, 5.41) is 3.11. The number of rotatable bonds is 4. The summed E-state index contributed by atoms with van der Waals surface area (Å²) in [6.45, 7) is 9.85. The van der Waals surface area contributed by atoms with Crippen LogP contribution in [0.15, 0.2) is 24.3 Å². The standard InChI is InChI=1S/C20H30N2O2/c1-5-8-18(23)22-13-11-15(12-14-22)19(24)21-17-10-7-6-9-16(17)20(2,3)4/h6-7,9-10,15H,5,8,11-14H2,1-4H3,(H,21,24). The summed E-state index contributed by atoms with van der Waals surface area (Å²) in [4.78, 5) is 26.5. The lowest BCUT2D eigenvalue weighted by molar-refractivity contribution is -0.134. The van der Waals surface area contributed by atoms with E-state index >= 15 is 0 Å². The normalized spacial score (nSPS) is 16.1. The van der Waals surface area contributed by atoms with Crippen LogP contribution in [0.4, 0.5) is 5.69 Å². The van der Waals surface area contributed by atoms with E-state index in [2.05, 4.69) is 32.2 Å². The molecule has 1 aromatic carbocycles. The van der Waals surface area contributed by atoms with Crippen molar-refractivity contribution in [3.8, 4) is 0 Å². The molecule has 0 atom stereocenters. The zero-order valence-electron chi connectivity index (χ0n) is 15.4. The summed E-state index contributed by atoms with van der Waals surface area (Å²) in [6, 6.07) is 8.00. The molecule has 1 N–H and O–H groups in total. The van der Waals surface area contributed by atoms with Crippen LogP contribution in [0, 0.1) is 5.92 Å². The van der Waals surface area contributed by atoms with Crippen molar-refractivity contribution < 1.29 is 9.59 Å². The lowest BCUT2D eigenvalue weighted by Gasteiger charge is -2.32. The minimum atomic E-state index is -0.0141. The Morgan fingerprint density at radius 3 is 2.38 bits per heavy atom. The summed E-state index contributed by atoms with van der Waals surface area (Å²) in [6.07, 6.45) is 2.98. The van der Waals surface area contributed by atoms with Gasteiger partial charge in [0.15, 0.2) is 0 Å². The van der Waals surface area contributed by atoms with Crippen LogP contribution in [-0.4, -0.2) is 29.8 Å². The second-order valence-electron chi connectivity index (χ2n) is 7.69. The van der Waals surface area contributed by atoms with Crippen LogP contribution >= 0.6 is 0 Å². The maximum atomic E-state index is 12.6. The lowest BCUT2D eigenvalue weighted by atomic mass is 9.85. The Morgan fingerprint density at radius 1 is 1.17 bits per heavy atom. The Hall–Kier alpha value is -1.84. The predicted molar refractivity (Wildman–Crippen MR) is 98.0 cm³/mol. The van der Waals surface area contributed by atoms with Crippen LogP contribution < -0.4 is 5.32 Å². The van der Waals surface area contributed by atoms with Gasteiger partial charge in [0.1, 0.15) is 0 Å². The Morgan fingerprint density at radius 2 is 1.79 bits per heavy atom. The minimum Gasteiger partial charge on any atom is -0.343 e. The fourth-order valence-electron chi connectivity index (χ4n) is 3.24. The average Bonchev–Trinajstić information content (AvgIpc) is 2.54. The molecule has 4 nitrogen and oxygen atoms in total. The molecule has 2 amide bonds. The van der Waals surface area contributed by atoms with Gasteiger partial charge >= 0.3 is 0 Å². The predicted octanol–water partition coefficient (Wildman–Crippen LogP) is 3.96. The largest absolute Gasteiger partial charge is 0.343 e. The second kappa shape index (κ2) is 7.82. The zero-order chi connectivity index (χ0) is 17.7. The first kappa shape index (κ1) is 18.5. The monoisotopic (exact) mass is 330 g/mol. The van der Waals surface area contributed by atoms with E-state index in [4.69, 9.17) is 0 Å². The highest BCUT2D eigenvalue weighted by Gasteiger charge is 2.28. The van der Waals surface area contributed by atoms with E-state index < -0.39 is 0 Å². The topological polar surface area (TPSA) is 49.4 Å². The number of para-hydroxylation sites is 1. The van der Waals surface area contributed by atoms with Crippen molar-refractivity contribution in [1.29, 1.82) is 0 Å². The third-order valence-electron chi connectivity index (χ3n) is 4.68. The number of anilines is 1. The van der Waals surface area contributed by atoms with Gasteiger partial charge in [0, 0.05) is 31.1 Å². The van der Waals surface area contributed by atoms with Crippen molar-refractivity contribution in [2.75, 3.05) is 18.4 Å². The van der Waals surface area contributed by atoms with Gasteiger partial charge in [-0.3, -0.25) is 9.59 Å². The van der Waals surface area contributed by atoms with E-state index in [0.29, 0.717) is 19.5 Å². The molecule has 0 aromatic heterocycles. The number of benzene rings is 1. The molecule has 132 valence electrons. The highest BCUT2D eigenvalue weighted by atomic mass is 16.2. The van der Waals surface area contributed by atoms with Crippen LogP contribution in [0.5, 0.6) is 0 Å². The SMILES string of the molecule is CCCC(=O)N1CCC(C(=O)Nc2ccccc2C(C)(C)C)CC1. The van der Waals surface area contributed by atoms with Gasteiger partial charge in [0.2, 0.25) is 11.8 Å². The third-order valence-corrected chi connectivity index (χ3v) is 4.68. The van der Waals surface area contributed by atoms with E-state index in [1.54, 1.807) is 0 Å². The number of hydrogen-bond donors (Lipinski definition) is 1. The number of likely N-dealkylation sites (tertiary alicyclic amines) is 1. The lowest BCUT2D eigenvalue weighted by Crippen LogP contribution is -2.41. The first-order valence-electron chi connectivity index (χ1n) is 9.01. The van der Waals surface area contributed by atoms with Crippen LogP contribution in [0.2, 0.25) is 0 Å². The van der Waals surface area contributed by atoms with Crippen molar-refractivity contribution in [2.24, 2.45) is 5.92 Å². The van der Waals surface area contributed by atoms with Crippen molar-refractivity contribution in [1.82, 2.24) is 4.90 Å². The summed E-state index contributed by atoms with van der Waals surface area (Å²) in [5.41, 5.74) is 2.04. The molecule has 0 aliphatic carbocycles. The molecule has 1 aromatic rings. The van der Waals surface area contributed by atoms with Gasteiger partial charge in [0.25, 0.3) is 0 Å². The van der Waals surface area contributed by atoms with Crippen molar-refractivity contribution in [3.05, 3.63) is 29.8 Å². The fraction of sp³-hybridized carbons (Fsp3) is 0.600. The number of nitrogens with zero attached hydrogens (tertiary/aromatic N) is 1. The maximum Gasteiger partial charge on any atom is 0.227 e. The van der Waals surface area contributed by atoms with Crippen LogP contribution in [0.1, 0.15) is 58.9 Å². The highest BCUT2D eigenvalue weighted by molar-refractivity contribution is 5.93. The number of nitrogens with one attached hydrogen (secondary N) is 1. The first-order valence-corrected chi connectivity index (χ1v) is 9.01. The smallest absolute Gasteiger partial charge is 0.227 e. The number of carbonyl (C=O) groups excluding carboxylic acids is 2. The molecule has 2 rings (SSSR count). The Bertz CT molecular complexity index is 582.